The third kappa shape index (κ3) is 4.97. The van der Waals surface area contributed by atoms with E-state index in [0.29, 0.717) is 18.9 Å². The Labute approximate surface area is 162 Å². The molecule has 0 amide bonds. The van der Waals surface area contributed by atoms with Crippen molar-refractivity contribution >= 4 is 21.6 Å². The van der Waals surface area contributed by atoms with Crippen molar-refractivity contribution in [2.45, 2.75) is 45.7 Å². The Morgan fingerprint density at radius 3 is 2.44 bits per heavy atom. The van der Waals surface area contributed by atoms with Gasteiger partial charge < -0.3 is 10.2 Å². The number of rotatable bonds is 5. The molecule has 7 heteroatoms. The van der Waals surface area contributed by atoms with E-state index < -0.39 is 9.84 Å². The van der Waals surface area contributed by atoms with Crippen molar-refractivity contribution in [2.24, 2.45) is 0 Å². The fraction of sp³-hybridized carbons (Fsp3) is 0.500. The summed E-state index contributed by atoms with van der Waals surface area (Å²) in [6, 6.07) is 11.8. The van der Waals surface area contributed by atoms with Gasteiger partial charge in [0.05, 0.1) is 17.2 Å². The summed E-state index contributed by atoms with van der Waals surface area (Å²) in [5, 5.41) is 3.42. The largest absolute Gasteiger partial charge is 0.365 e. The number of anilines is 2. The molecule has 0 saturated carbocycles. The molecule has 1 saturated heterocycles. The molecule has 27 heavy (non-hydrogen) atoms. The minimum Gasteiger partial charge on any atom is -0.365 e. The summed E-state index contributed by atoms with van der Waals surface area (Å²) in [6.45, 7) is 8.92. The molecule has 0 radical (unpaired) electrons. The van der Waals surface area contributed by atoms with Gasteiger partial charge in [-0.25, -0.2) is 13.4 Å². The molecule has 1 N–H and O–H groups in total. The molecule has 6 nitrogen and oxygen atoms in total. The summed E-state index contributed by atoms with van der Waals surface area (Å²) < 4.78 is 23.9. The Kier molecular flexibility index (Phi) is 5.42. The number of nitrogens with zero attached hydrogens (tertiary/aromatic N) is 3. The van der Waals surface area contributed by atoms with Gasteiger partial charge >= 0.3 is 0 Å². The van der Waals surface area contributed by atoms with Crippen LogP contribution in [-0.2, 0) is 9.84 Å². The lowest BCUT2D eigenvalue weighted by atomic mass is 10.1. The first-order valence-electron chi connectivity index (χ1n) is 9.36. The second kappa shape index (κ2) is 7.46. The van der Waals surface area contributed by atoms with Gasteiger partial charge in [-0.15, -0.1) is 0 Å². The van der Waals surface area contributed by atoms with Crippen LogP contribution >= 0.6 is 0 Å². The van der Waals surface area contributed by atoms with Crippen LogP contribution in [-0.4, -0.2) is 48.0 Å². The topological polar surface area (TPSA) is 75.2 Å². The third-order valence-corrected chi connectivity index (χ3v) is 6.28. The van der Waals surface area contributed by atoms with Crippen LogP contribution in [0.3, 0.4) is 0 Å². The van der Waals surface area contributed by atoms with E-state index in [2.05, 4.69) is 26.1 Å². The zero-order chi connectivity index (χ0) is 19.7. The quantitative estimate of drug-likeness (QED) is 0.846. The number of hydrogen-bond acceptors (Lipinski definition) is 6. The zero-order valence-corrected chi connectivity index (χ0v) is 17.3. The van der Waals surface area contributed by atoms with E-state index in [4.69, 9.17) is 9.97 Å². The number of nitrogens with one attached hydrogen (secondary N) is 1. The molecule has 146 valence electrons. The summed E-state index contributed by atoms with van der Waals surface area (Å²) in [5.41, 5.74) is 1.69. The van der Waals surface area contributed by atoms with Gasteiger partial charge in [0.1, 0.15) is 5.82 Å². The monoisotopic (exact) mass is 388 g/mol. The minimum absolute atomic E-state index is 0.0755. The lowest BCUT2D eigenvalue weighted by molar-refractivity contribution is 0.599. The predicted molar refractivity (Wildman–Crippen MR) is 111 cm³/mol. The molecule has 0 spiro atoms. The highest BCUT2D eigenvalue weighted by molar-refractivity contribution is 7.91. The third-order valence-electron chi connectivity index (χ3n) is 4.53. The Morgan fingerprint density at radius 1 is 1.19 bits per heavy atom. The molecular formula is C20H28N4O2S. The van der Waals surface area contributed by atoms with E-state index in [-0.39, 0.29) is 23.1 Å². The van der Waals surface area contributed by atoms with E-state index in [1.54, 1.807) is 0 Å². The van der Waals surface area contributed by atoms with Crippen molar-refractivity contribution in [3.63, 3.8) is 0 Å². The maximum Gasteiger partial charge on any atom is 0.228 e. The Morgan fingerprint density at radius 2 is 1.89 bits per heavy atom. The number of hydrogen-bond donors (Lipinski definition) is 1. The van der Waals surface area contributed by atoms with Crippen LogP contribution in [0.15, 0.2) is 36.4 Å². The lowest BCUT2D eigenvalue weighted by Crippen LogP contribution is -2.37. The molecule has 1 fully saturated rings. The van der Waals surface area contributed by atoms with Crippen molar-refractivity contribution < 1.29 is 8.42 Å². The van der Waals surface area contributed by atoms with E-state index in [1.165, 1.54) is 0 Å². The van der Waals surface area contributed by atoms with Gasteiger partial charge in [0.15, 0.2) is 9.84 Å². The van der Waals surface area contributed by atoms with E-state index in [0.717, 1.165) is 17.1 Å². The maximum atomic E-state index is 12.0. The van der Waals surface area contributed by atoms with Crippen molar-refractivity contribution in [2.75, 3.05) is 28.3 Å². The highest BCUT2D eigenvalue weighted by Crippen LogP contribution is 2.27. The van der Waals surface area contributed by atoms with Crippen molar-refractivity contribution in [1.29, 1.82) is 0 Å². The van der Waals surface area contributed by atoms with Gasteiger partial charge in [-0.3, -0.25) is 0 Å². The van der Waals surface area contributed by atoms with Crippen LogP contribution in [0.2, 0.25) is 0 Å². The van der Waals surface area contributed by atoms with Crippen molar-refractivity contribution in [1.82, 2.24) is 9.97 Å². The Bertz CT molecular complexity index is 892. The van der Waals surface area contributed by atoms with Crippen LogP contribution in [0.1, 0.15) is 34.1 Å². The first-order chi connectivity index (χ1) is 12.7. The number of sulfone groups is 1. The molecule has 2 aromatic rings. The molecule has 2 heterocycles. The van der Waals surface area contributed by atoms with Crippen molar-refractivity contribution in [3.8, 4) is 11.3 Å². The first kappa shape index (κ1) is 19.6. The van der Waals surface area contributed by atoms with Crippen LogP contribution in [0.5, 0.6) is 0 Å². The van der Waals surface area contributed by atoms with Gasteiger partial charge in [0.25, 0.3) is 0 Å². The van der Waals surface area contributed by atoms with E-state index >= 15 is 0 Å². The van der Waals surface area contributed by atoms with Crippen LogP contribution in [0, 0.1) is 0 Å². The first-order valence-corrected chi connectivity index (χ1v) is 11.2. The predicted octanol–water partition coefficient (Wildman–Crippen LogP) is 3.37. The molecule has 0 aliphatic carbocycles. The molecule has 1 aliphatic heterocycles. The van der Waals surface area contributed by atoms with Gasteiger partial charge in [-0.05, 0) is 34.1 Å². The molecule has 3 rings (SSSR count). The highest BCUT2D eigenvalue weighted by Gasteiger charge is 2.33. The van der Waals surface area contributed by atoms with Gasteiger partial charge in [0, 0.05) is 29.8 Å². The standard InChI is InChI=1S/C20H28N4O2S/c1-5-24(16-11-12-27(25,26)14-16)19-21-17(15-9-7-6-8-10-15)13-18(22-19)23-20(2,3)4/h6-10,13,16H,5,11-12,14H2,1-4H3,(H,21,22,23). The molecule has 1 atom stereocenters. The Balaban J connectivity index is 2.03. The maximum absolute atomic E-state index is 12.0. The lowest BCUT2D eigenvalue weighted by Gasteiger charge is -2.28. The van der Waals surface area contributed by atoms with E-state index in [9.17, 15) is 8.42 Å². The van der Waals surface area contributed by atoms with Crippen LogP contribution in [0.4, 0.5) is 11.8 Å². The molecular weight excluding hydrogens is 360 g/mol. The molecule has 1 unspecified atom stereocenters. The SMILES string of the molecule is CCN(c1nc(NC(C)(C)C)cc(-c2ccccc2)n1)C1CCS(=O)(=O)C1. The van der Waals surface area contributed by atoms with Crippen LogP contribution < -0.4 is 10.2 Å². The van der Waals surface area contributed by atoms with Gasteiger partial charge in [-0.2, -0.15) is 4.98 Å². The van der Waals surface area contributed by atoms with Crippen LogP contribution in [0.25, 0.3) is 11.3 Å². The Hall–Kier alpha value is -2.15. The normalized spacial score (nSPS) is 19.0. The minimum atomic E-state index is -2.97. The second-order valence-electron chi connectivity index (χ2n) is 8.02. The smallest absolute Gasteiger partial charge is 0.228 e. The fourth-order valence-electron chi connectivity index (χ4n) is 3.35. The van der Waals surface area contributed by atoms with Crippen molar-refractivity contribution in [3.05, 3.63) is 36.4 Å². The number of benzene rings is 1. The summed E-state index contributed by atoms with van der Waals surface area (Å²) in [7, 11) is -2.97. The average molecular weight is 389 g/mol. The van der Waals surface area contributed by atoms with Gasteiger partial charge in [-0.1, -0.05) is 30.3 Å². The molecule has 1 aromatic heterocycles. The fourth-order valence-corrected chi connectivity index (χ4v) is 5.08. The zero-order valence-electron chi connectivity index (χ0n) is 16.4. The molecule has 0 bridgehead atoms. The molecule has 1 aliphatic rings. The summed E-state index contributed by atoms with van der Waals surface area (Å²) in [4.78, 5) is 11.5. The summed E-state index contributed by atoms with van der Waals surface area (Å²) in [5.74, 6) is 1.72. The second-order valence-corrected chi connectivity index (χ2v) is 10.3. The van der Waals surface area contributed by atoms with E-state index in [1.807, 2.05) is 48.2 Å². The summed E-state index contributed by atoms with van der Waals surface area (Å²) in [6.07, 6.45) is 0.622. The average Bonchev–Trinajstić information content (AvgIpc) is 2.94. The number of aromatic nitrogens is 2. The highest BCUT2D eigenvalue weighted by atomic mass is 32.2. The van der Waals surface area contributed by atoms with Gasteiger partial charge in [0.2, 0.25) is 5.95 Å². The summed E-state index contributed by atoms with van der Waals surface area (Å²) >= 11 is 0. The molecule has 1 aromatic carbocycles.